The maximum atomic E-state index is 12.0. The summed E-state index contributed by atoms with van der Waals surface area (Å²) in [5.41, 5.74) is 0. The lowest BCUT2D eigenvalue weighted by Crippen LogP contribution is -2.21. The second kappa shape index (κ2) is 25.0. The van der Waals surface area contributed by atoms with Gasteiger partial charge in [-0.2, -0.15) is 0 Å². The van der Waals surface area contributed by atoms with Crippen LogP contribution in [0, 0.1) is 0 Å². The smallest absolute Gasteiger partial charge is 0.307 e. The van der Waals surface area contributed by atoms with Crippen LogP contribution < -0.4 is 0 Å². The molecule has 0 fully saturated rings. The molecule has 34 heavy (non-hydrogen) atoms. The van der Waals surface area contributed by atoms with E-state index in [1.165, 1.54) is 0 Å². The van der Waals surface area contributed by atoms with E-state index in [4.69, 9.17) is 9.84 Å². The number of ether oxygens (including phenoxy) is 1. The molecule has 0 aliphatic rings. The molecule has 0 aromatic rings. The molecule has 0 radical (unpaired) electrons. The molecule has 0 bridgehead atoms. The van der Waals surface area contributed by atoms with Crippen molar-refractivity contribution in [3.63, 3.8) is 0 Å². The summed E-state index contributed by atoms with van der Waals surface area (Å²) in [5, 5.41) is 8.98. The predicted molar refractivity (Wildman–Crippen MR) is 144 cm³/mol. The van der Waals surface area contributed by atoms with Crippen molar-refractivity contribution in [2.45, 2.75) is 103 Å². The zero-order valence-corrected chi connectivity index (χ0v) is 21.4. The van der Waals surface area contributed by atoms with E-state index < -0.39 is 12.1 Å². The maximum Gasteiger partial charge on any atom is 0.307 e. The van der Waals surface area contributed by atoms with Gasteiger partial charge in [-0.15, -0.1) is 0 Å². The molecule has 4 heteroatoms. The number of hydrogen-bond acceptors (Lipinski definition) is 3. The van der Waals surface area contributed by atoms with E-state index >= 15 is 0 Å². The number of unbranched alkanes of at least 4 members (excludes halogenated alkanes) is 2. The largest absolute Gasteiger partial charge is 0.481 e. The van der Waals surface area contributed by atoms with Gasteiger partial charge in [0.05, 0.1) is 6.42 Å². The first kappa shape index (κ1) is 31.4. The lowest BCUT2D eigenvalue weighted by Gasteiger charge is -2.15. The molecule has 0 aliphatic carbocycles. The molecule has 0 aliphatic heterocycles. The van der Waals surface area contributed by atoms with Gasteiger partial charge in [-0.25, -0.2) is 0 Å². The summed E-state index contributed by atoms with van der Waals surface area (Å²) in [6.45, 7) is 4.23. The van der Waals surface area contributed by atoms with E-state index in [0.717, 1.165) is 57.8 Å². The Morgan fingerprint density at radius 3 is 1.62 bits per heavy atom. The Balaban J connectivity index is 3.84. The second-order valence-electron chi connectivity index (χ2n) is 8.16. The Labute approximate surface area is 207 Å². The van der Waals surface area contributed by atoms with Crippen LogP contribution in [0.3, 0.4) is 0 Å². The molecule has 1 atom stereocenters. The van der Waals surface area contributed by atoms with Crippen molar-refractivity contribution in [1.82, 2.24) is 0 Å². The van der Waals surface area contributed by atoms with Crippen molar-refractivity contribution in [2.24, 2.45) is 0 Å². The van der Waals surface area contributed by atoms with Crippen LogP contribution >= 0.6 is 0 Å². The van der Waals surface area contributed by atoms with Gasteiger partial charge in [0.2, 0.25) is 0 Å². The summed E-state index contributed by atoms with van der Waals surface area (Å²) in [6, 6.07) is 0. The van der Waals surface area contributed by atoms with Gasteiger partial charge in [-0.3, -0.25) is 9.59 Å². The molecule has 0 heterocycles. The molecule has 0 saturated carbocycles. The topological polar surface area (TPSA) is 63.6 Å². The van der Waals surface area contributed by atoms with Crippen LogP contribution in [0.2, 0.25) is 0 Å². The summed E-state index contributed by atoms with van der Waals surface area (Å²) < 4.78 is 5.36. The van der Waals surface area contributed by atoms with E-state index in [1.54, 1.807) is 0 Å². The van der Waals surface area contributed by atoms with Gasteiger partial charge in [0.25, 0.3) is 0 Å². The van der Waals surface area contributed by atoms with Gasteiger partial charge in [0.15, 0.2) is 0 Å². The number of carbonyl (C=O) groups is 2. The van der Waals surface area contributed by atoms with E-state index in [2.05, 4.69) is 74.6 Å². The van der Waals surface area contributed by atoms with Crippen LogP contribution in [0.15, 0.2) is 72.9 Å². The van der Waals surface area contributed by atoms with Crippen molar-refractivity contribution >= 4 is 11.9 Å². The Hall–Kier alpha value is -2.62. The number of carboxylic acid groups (broad SMARTS) is 1. The van der Waals surface area contributed by atoms with Crippen LogP contribution in [0.4, 0.5) is 0 Å². The van der Waals surface area contributed by atoms with Gasteiger partial charge < -0.3 is 9.84 Å². The van der Waals surface area contributed by atoms with Gasteiger partial charge in [-0.1, -0.05) is 99.6 Å². The third-order valence-corrected chi connectivity index (χ3v) is 4.94. The minimum atomic E-state index is -0.925. The number of esters is 1. The highest BCUT2D eigenvalue weighted by Gasteiger charge is 2.17. The fourth-order valence-electron chi connectivity index (χ4n) is 3.11. The average molecular weight is 471 g/mol. The van der Waals surface area contributed by atoms with Crippen molar-refractivity contribution in [3.8, 4) is 0 Å². The Bertz CT molecular complexity index is 680. The first-order valence-electron chi connectivity index (χ1n) is 12.9. The quantitative estimate of drug-likeness (QED) is 0.104. The minimum absolute atomic E-state index is 0.116. The van der Waals surface area contributed by atoms with Crippen LogP contribution in [0.25, 0.3) is 0 Å². The molecule has 0 aromatic heterocycles. The molecule has 1 unspecified atom stereocenters. The number of carboxylic acids is 1. The Kier molecular flexibility index (Phi) is 23.1. The van der Waals surface area contributed by atoms with Gasteiger partial charge in [-0.05, 0) is 57.8 Å². The highest BCUT2D eigenvalue weighted by atomic mass is 16.5. The van der Waals surface area contributed by atoms with Gasteiger partial charge in [0, 0.05) is 6.42 Å². The van der Waals surface area contributed by atoms with E-state index in [-0.39, 0.29) is 18.8 Å². The first-order valence-corrected chi connectivity index (χ1v) is 12.9. The van der Waals surface area contributed by atoms with E-state index in [0.29, 0.717) is 12.8 Å². The molecule has 0 aromatic carbocycles. The summed E-state index contributed by atoms with van der Waals surface area (Å²) >= 11 is 0. The summed E-state index contributed by atoms with van der Waals surface area (Å²) in [5.74, 6) is -1.24. The van der Waals surface area contributed by atoms with Crippen LogP contribution in [0.5, 0.6) is 0 Å². The molecule has 4 nitrogen and oxygen atoms in total. The Morgan fingerprint density at radius 1 is 0.706 bits per heavy atom. The summed E-state index contributed by atoms with van der Waals surface area (Å²) in [4.78, 5) is 22.9. The molecule has 0 spiro atoms. The number of allylic oxidation sites excluding steroid dienone is 12. The monoisotopic (exact) mass is 470 g/mol. The number of rotatable bonds is 21. The average Bonchev–Trinajstić information content (AvgIpc) is 2.80. The number of carbonyl (C=O) groups excluding carboxylic acids is 1. The fraction of sp³-hybridized carbons (Fsp3) is 0.533. The van der Waals surface area contributed by atoms with Crippen LogP contribution in [-0.2, 0) is 14.3 Å². The summed E-state index contributed by atoms with van der Waals surface area (Å²) in [6.07, 6.45) is 35.4. The SMILES string of the molecule is CC/C=C\C/C=C\C/C=C\C/C=C\C/C=C\C/C=C\CCC(=O)OC(CCCCC)CC(=O)O. The highest BCUT2D eigenvalue weighted by Crippen LogP contribution is 2.12. The maximum absolute atomic E-state index is 12.0. The van der Waals surface area contributed by atoms with Gasteiger partial charge in [0.1, 0.15) is 6.10 Å². The molecule has 0 saturated heterocycles. The molecular formula is C30H46O4. The number of hydrogen-bond donors (Lipinski definition) is 1. The lowest BCUT2D eigenvalue weighted by atomic mass is 10.1. The lowest BCUT2D eigenvalue weighted by molar-refractivity contribution is -0.153. The van der Waals surface area contributed by atoms with Crippen LogP contribution in [0.1, 0.15) is 97.3 Å². The van der Waals surface area contributed by atoms with E-state index in [9.17, 15) is 9.59 Å². The van der Waals surface area contributed by atoms with E-state index in [1.807, 2.05) is 12.2 Å². The second-order valence-corrected chi connectivity index (χ2v) is 8.16. The molecular weight excluding hydrogens is 424 g/mol. The molecule has 190 valence electrons. The molecule has 0 amide bonds. The third kappa shape index (κ3) is 24.0. The molecule has 0 rings (SSSR count). The normalized spacial score (nSPS) is 13.5. The first-order chi connectivity index (χ1) is 16.6. The third-order valence-electron chi connectivity index (χ3n) is 4.94. The van der Waals surface area contributed by atoms with Crippen molar-refractivity contribution in [2.75, 3.05) is 0 Å². The van der Waals surface area contributed by atoms with Crippen molar-refractivity contribution in [1.29, 1.82) is 0 Å². The van der Waals surface area contributed by atoms with Crippen molar-refractivity contribution in [3.05, 3.63) is 72.9 Å². The highest BCUT2D eigenvalue weighted by molar-refractivity contribution is 5.71. The molecule has 1 N–H and O–H groups in total. The standard InChI is InChI=1S/C30H46O4/c1-3-5-7-8-9-10-11-12-13-14-15-16-17-18-19-20-21-22-24-26-30(33)34-28(27-29(31)32)25-23-6-4-2/h5,7,9-10,12-13,15-16,18-19,21-22,28H,3-4,6,8,11,14,17,20,23-27H2,1-2H3,(H,31,32)/b7-5-,10-9-,13-12-,16-15-,19-18-,22-21-. The zero-order chi connectivity index (χ0) is 25.1. The van der Waals surface area contributed by atoms with Crippen LogP contribution in [-0.4, -0.2) is 23.1 Å². The van der Waals surface area contributed by atoms with Crippen molar-refractivity contribution < 1.29 is 19.4 Å². The predicted octanol–water partition coefficient (Wildman–Crippen LogP) is 8.43. The summed E-state index contributed by atoms with van der Waals surface area (Å²) in [7, 11) is 0. The van der Waals surface area contributed by atoms with Gasteiger partial charge >= 0.3 is 11.9 Å². The zero-order valence-electron chi connectivity index (χ0n) is 21.4. The Morgan fingerprint density at radius 2 is 1.18 bits per heavy atom. The number of aliphatic carboxylic acids is 1. The minimum Gasteiger partial charge on any atom is -0.481 e. The fourth-order valence-corrected chi connectivity index (χ4v) is 3.11.